The van der Waals surface area contributed by atoms with Crippen LogP contribution in [0.5, 0.6) is 0 Å². The number of hydrogen-bond donors (Lipinski definition) is 6. The summed E-state index contributed by atoms with van der Waals surface area (Å²) in [6, 6.07) is 2.85. The molecule has 1 fully saturated rings. The Bertz CT molecular complexity index is 1370. The number of carboxylic acid groups (broad SMARTS) is 1. The maximum Gasteiger partial charge on any atom is 0.328 e. The Morgan fingerprint density at radius 1 is 1.25 bits per heavy atom. The van der Waals surface area contributed by atoms with Gasteiger partial charge in [0.15, 0.2) is 6.04 Å². The Kier molecular flexibility index (Phi) is 8.67. The lowest BCUT2D eigenvalue weighted by molar-refractivity contribution is -0.159. The number of benzene rings is 1. The minimum Gasteiger partial charge on any atom is -0.480 e. The molecule has 3 amide bonds. The van der Waals surface area contributed by atoms with Crippen LogP contribution in [0.1, 0.15) is 45.7 Å². The van der Waals surface area contributed by atoms with Crippen molar-refractivity contribution in [3.05, 3.63) is 52.1 Å². The molecule has 2 aromatic rings. The molecule has 40 heavy (non-hydrogen) atoms. The monoisotopic (exact) mass is 558 g/mol. The molecule has 4 rings (SSSR count). The predicted molar refractivity (Wildman–Crippen MR) is 141 cm³/mol. The number of H-pyrrole nitrogens is 1. The van der Waals surface area contributed by atoms with Crippen molar-refractivity contribution in [2.45, 2.75) is 44.9 Å². The number of aryl methyl sites for hydroxylation is 1. The second kappa shape index (κ2) is 12.0. The van der Waals surface area contributed by atoms with Gasteiger partial charge in [0.25, 0.3) is 11.8 Å². The fraction of sp³-hybridized carbons (Fsp3) is 0.407. The van der Waals surface area contributed by atoms with Gasteiger partial charge in [-0.25, -0.2) is 9.18 Å². The number of anilines is 1. The summed E-state index contributed by atoms with van der Waals surface area (Å²) in [5, 5.41) is 35.2. The van der Waals surface area contributed by atoms with Crippen LogP contribution >= 0.6 is 0 Å². The number of aliphatic hydroxyl groups is 2. The first kappa shape index (κ1) is 28.9. The van der Waals surface area contributed by atoms with E-state index >= 15 is 0 Å². The molecule has 0 bridgehead atoms. The topological polar surface area (TPSA) is 181 Å². The minimum absolute atomic E-state index is 0.0865. The summed E-state index contributed by atoms with van der Waals surface area (Å²) >= 11 is 0. The van der Waals surface area contributed by atoms with Crippen molar-refractivity contribution in [1.29, 1.82) is 0 Å². The number of aliphatic hydroxyl groups excluding tert-OH is 2. The summed E-state index contributed by atoms with van der Waals surface area (Å²) in [7, 11) is 0. The Hall–Kier alpha value is -4.07. The fourth-order valence-electron chi connectivity index (χ4n) is 4.91. The number of ether oxygens (including phenoxy) is 1. The van der Waals surface area contributed by atoms with Crippen LogP contribution in [0.4, 0.5) is 10.1 Å². The third-order valence-corrected chi connectivity index (χ3v) is 6.94. The minimum atomic E-state index is -1.25. The number of aliphatic carboxylic acids is 1. The number of aromatic nitrogens is 1. The van der Waals surface area contributed by atoms with Gasteiger partial charge >= 0.3 is 5.97 Å². The Balaban J connectivity index is 1.35. The lowest BCUT2D eigenvalue weighted by atomic mass is 10.0. The Labute approximate surface area is 228 Å². The van der Waals surface area contributed by atoms with Gasteiger partial charge in [0.05, 0.1) is 43.0 Å². The zero-order valence-corrected chi connectivity index (χ0v) is 22.0. The van der Waals surface area contributed by atoms with Gasteiger partial charge in [-0.15, -0.1) is 0 Å². The lowest BCUT2D eigenvalue weighted by Gasteiger charge is -2.33. The first-order valence-corrected chi connectivity index (χ1v) is 12.7. The van der Waals surface area contributed by atoms with Crippen LogP contribution in [0.2, 0.25) is 0 Å². The number of morpholine rings is 1. The van der Waals surface area contributed by atoms with Crippen LogP contribution in [-0.4, -0.2) is 93.4 Å². The fourth-order valence-corrected chi connectivity index (χ4v) is 4.91. The molecule has 13 heteroatoms. The summed E-state index contributed by atoms with van der Waals surface area (Å²) in [6.07, 6.45) is -1.49. The lowest BCUT2D eigenvalue weighted by Crippen LogP contribution is -2.53. The maximum atomic E-state index is 13.8. The summed E-state index contributed by atoms with van der Waals surface area (Å²) in [6.45, 7) is 3.29. The van der Waals surface area contributed by atoms with Crippen molar-refractivity contribution in [2.75, 3.05) is 31.6 Å². The molecule has 3 heterocycles. The number of carbonyl (C=O) groups is 4. The highest BCUT2D eigenvalue weighted by Crippen LogP contribution is 2.34. The second-order valence-electron chi connectivity index (χ2n) is 9.84. The normalized spacial score (nSPS) is 19.2. The first-order chi connectivity index (χ1) is 19.0. The highest BCUT2D eigenvalue weighted by atomic mass is 19.1. The molecule has 2 aliphatic rings. The van der Waals surface area contributed by atoms with Crippen molar-refractivity contribution in [2.24, 2.45) is 0 Å². The number of nitrogens with zero attached hydrogens (tertiary/aromatic N) is 1. The molecule has 214 valence electrons. The van der Waals surface area contributed by atoms with Gasteiger partial charge in [0.2, 0.25) is 5.91 Å². The molecular formula is C27H31FN4O8. The molecule has 2 aliphatic heterocycles. The summed E-state index contributed by atoms with van der Waals surface area (Å²) in [5.74, 6) is -3.16. The smallest absolute Gasteiger partial charge is 0.328 e. The average Bonchev–Trinajstić information content (AvgIpc) is 3.36. The van der Waals surface area contributed by atoms with Gasteiger partial charge in [-0.3, -0.25) is 14.4 Å². The van der Waals surface area contributed by atoms with E-state index in [9.17, 15) is 38.9 Å². The highest BCUT2D eigenvalue weighted by Gasteiger charge is 2.33. The number of carboxylic acids is 1. The molecular weight excluding hydrogens is 527 g/mol. The molecule has 0 saturated carbocycles. The Morgan fingerprint density at radius 3 is 2.73 bits per heavy atom. The molecule has 1 aromatic heterocycles. The number of aromatic amines is 1. The molecule has 6 N–H and O–H groups in total. The zero-order chi connectivity index (χ0) is 29.1. The first-order valence-electron chi connectivity index (χ1n) is 12.7. The van der Waals surface area contributed by atoms with E-state index in [4.69, 9.17) is 4.74 Å². The second-order valence-corrected chi connectivity index (χ2v) is 9.84. The van der Waals surface area contributed by atoms with E-state index in [1.165, 1.54) is 18.2 Å². The molecule has 1 unspecified atom stereocenters. The number of hydrogen-bond acceptors (Lipinski definition) is 7. The van der Waals surface area contributed by atoms with Gasteiger partial charge in [-0.05, 0) is 43.7 Å². The summed E-state index contributed by atoms with van der Waals surface area (Å²) in [5.41, 5.74) is 2.99. The molecule has 1 aromatic carbocycles. The van der Waals surface area contributed by atoms with E-state index in [1.54, 1.807) is 19.9 Å². The van der Waals surface area contributed by atoms with Crippen molar-refractivity contribution in [3.63, 3.8) is 0 Å². The molecule has 0 spiro atoms. The van der Waals surface area contributed by atoms with E-state index in [2.05, 4.69) is 15.6 Å². The maximum absolute atomic E-state index is 13.8. The van der Waals surface area contributed by atoms with E-state index in [0.717, 1.165) is 4.90 Å². The van der Waals surface area contributed by atoms with Gasteiger partial charge in [0.1, 0.15) is 5.82 Å². The predicted octanol–water partition coefficient (Wildman–Crippen LogP) is 0.807. The number of nitrogens with one attached hydrogen (secondary N) is 3. The number of amides is 3. The standard InChI is InChI=1S/C27H31FN4O8/c1-13-21(10-19-18-7-15(28)3-4-20(18)31-25(19)36)30-14(2)24(13)26(37)29-11-17(34)8-16(33)9-23(35)32-5-6-40-12-22(32)27(38)39/h3-4,7,10,16-17,22,30,33-34H,5-6,8-9,11-12H2,1-2H3,(H,29,37)(H,31,36)(H,38,39)/b19-10-/t16-,17+,22?/m1/s1. The zero-order valence-electron chi connectivity index (χ0n) is 22.0. The van der Waals surface area contributed by atoms with E-state index in [-0.39, 0.29) is 44.7 Å². The molecule has 1 saturated heterocycles. The van der Waals surface area contributed by atoms with E-state index in [1.807, 2.05) is 0 Å². The largest absolute Gasteiger partial charge is 0.480 e. The number of rotatable bonds is 9. The van der Waals surface area contributed by atoms with Crippen LogP contribution < -0.4 is 10.6 Å². The van der Waals surface area contributed by atoms with E-state index < -0.39 is 47.8 Å². The third-order valence-electron chi connectivity index (χ3n) is 6.94. The summed E-state index contributed by atoms with van der Waals surface area (Å²) in [4.78, 5) is 53.5. The molecule has 12 nitrogen and oxygen atoms in total. The van der Waals surface area contributed by atoms with Gasteiger partial charge in [-0.1, -0.05) is 0 Å². The number of halogens is 1. The van der Waals surface area contributed by atoms with Crippen LogP contribution in [-0.2, 0) is 19.1 Å². The van der Waals surface area contributed by atoms with E-state index in [0.29, 0.717) is 33.8 Å². The van der Waals surface area contributed by atoms with Gasteiger partial charge in [-0.2, -0.15) is 0 Å². The quantitative estimate of drug-likeness (QED) is 0.245. The number of fused-ring (bicyclic) bond motifs is 1. The average molecular weight is 559 g/mol. The van der Waals surface area contributed by atoms with Gasteiger partial charge in [0, 0.05) is 42.1 Å². The third kappa shape index (κ3) is 6.22. The van der Waals surface area contributed by atoms with Gasteiger partial charge < -0.3 is 40.6 Å². The molecule has 3 atom stereocenters. The van der Waals surface area contributed by atoms with Crippen LogP contribution in [0, 0.1) is 19.7 Å². The van der Waals surface area contributed by atoms with Crippen LogP contribution in [0.25, 0.3) is 11.6 Å². The van der Waals surface area contributed by atoms with Crippen LogP contribution in [0.15, 0.2) is 18.2 Å². The van der Waals surface area contributed by atoms with Crippen molar-refractivity contribution in [1.82, 2.24) is 15.2 Å². The molecule has 0 aliphatic carbocycles. The summed E-state index contributed by atoms with van der Waals surface area (Å²) < 4.78 is 18.9. The SMILES string of the molecule is Cc1[nH]c(/C=C2\C(=O)Nc3ccc(F)cc32)c(C)c1C(=O)NC[C@@H](O)C[C@@H](O)CC(=O)N1CCOCC1C(=O)O. The molecule has 0 radical (unpaired) electrons. The highest BCUT2D eigenvalue weighted by molar-refractivity contribution is 6.34. The van der Waals surface area contributed by atoms with Crippen molar-refractivity contribution < 1.29 is 43.6 Å². The van der Waals surface area contributed by atoms with Crippen molar-refractivity contribution in [3.8, 4) is 0 Å². The Morgan fingerprint density at radius 2 is 2.00 bits per heavy atom. The van der Waals surface area contributed by atoms with Crippen LogP contribution in [0.3, 0.4) is 0 Å². The van der Waals surface area contributed by atoms with Crippen molar-refractivity contribution >= 4 is 41.0 Å². The number of carbonyl (C=O) groups excluding carboxylic acids is 3.